The summed E-state index contributed by atoms with van der Waals surface area (Å²) in [4.78, 5) is 11.2. The highest BCUT2D eigenvalue weighted by atomic mass is 16.5. The van der Waals surface area contributed by atoms with E-state index >= 15 is 0 Å². The van der Waals surface area contributed by atoms with Crippen molar-refractivity contribution >= 4 is 5.82 Å². The maximum Gasteiger partial charge on any atom is 0.129 e. The SMILES string of the molecule is CC(C)c1cc(N[C@H]2C[C@H]3CO[C@H](C)CN3C2)ncn1. The average molecular weight is 276 g/mol. The first-order valence-electron chi connectivity index (χ1n) is 7.56. The van der Waals surface area contributed by atoms with Crippen LogP contribution in [0.5, 0.6) is 0 Å². The second-order valence-electron chi connectivity index (χ2n) is 6.31. The fourth-order valence-corrected chi connectivity index (χ4v) is 3.12. The molecular weight excluding hydrogens is 252 g/mol. The lowest BCUT2D eigenvalue weighted by Crippen LogP contribution is -2.45. The molecule has 5 nitrogen and oxygen atoms in total. The van der Waals surface area contributed by atoms with Gasteiger partial charge in [-0.25, -0.2) is 9.97 Å². The molecule has 1 aromatic heterocycles. The normalized spacial score (nSPS) is 30.5. The third kappa shape index (κ3) is 2.94. The van der Waals surface area contributed by atoms with Crippen molar-refractivity contribution in [2.24, 2.45) is 0 Å². The van der Waals surface area contributed by atoms with E-state index in [9.17, 15) is 0 Å². The Labute approximate surface area is 120 Å². The molecule has 3 rings (SSSR count). The monoisotopic (exact) mass is 276 g/mol. The molecule has 3 heterocycles. The fourth-order valence-electron chi connectivity index (χ4n) is 3.12. The van der Waals surface area contributed by atoms with Gasteiger partial charge in [-0.05, 0) is 19.3 Å². The molecule has 1 N–H and O–H groups in total. The first-order chi connectivity index (χ1) is 9.61. The molecule has 5 heteroatoms. The number of hydrogen-bond donors (Lipinski definition) is 1. The Morgan fingerprint density at radius 3 is 3.00 bits per heavy atom. The summed E-state index contributed by atoms with van der Waals surface area (Å²) >= 11 is 0. The first-order valence-corrected chi connectivity index (χ1v) is 7.56. The molecule has 0 aliphatic carbocycles. The van der Waals surface area contributed by atoms with Crippen LogP contribution in [0.2, 0.25) is 0 Å². The highest BCUT2D eigenvalue weighted by Crippen LogP contribution is 2.25. The largest absolute Gasteiger partial charge is 0.376 e. The third-order valence-corrected chi connectivity index (χ3v) is 4.22. The number of hydrogen-bond acceptors (Lipinski definition) is 5. The molecule has 2 saturated heterocycles. The zero-order valence-corrected chi connectivity index (χ0v) is 12.5. The van der Waals surface area contributed by atoms with Gasteiger partial charge in [0.15, 0.2) is 0 Å². The minimum absolute atomic E-state index is 0.358. The number of fused-ring (bicyclic) bond motifs is 1. The molecule has 0 amide bonds. The minimum Gasteiger partial charge on any atom is -0.376 e. The van der Waals surface area contributed by atoms with E-state index < -0.39 is 0 Å². The van der Waals surface area contributed by atoms with Crippen LogP contribution >= 0.6 is 0 Å². The van der Waals surface area contributed by atoms with E-state index in [-0.39, 0.29) is 0 Å². The topological polar surface area (TPSA) is 50.3 Å². The van der Waals surface area contributed by atoms with Gasteiger partial charge >= 0.3 is 0 Å². The van der Waals surface area contributed by atoms with Crippen LogP contribution in [0, 0.1) is 0 Å². The predicted octanol–water partition coefficient (Wildman–Crippen LogP) is 1.87. The van der Waals surface area contributed by atoms with Crippen molar-refractivity contribution in [3.05, 3.63) is 18.1 Å². The van der Waals surface area contributed by atoms with Crippen LogP contribution in [0.4, 0.5) is 5.82 Å². The van der Waals surface area contributed by atoms with Gasteiger partial charge in [0.1, 0.15) is 12.1 Å². The van der Waals surface area contributed by atoms with Crippen LogP contribution < -0.4 is 5.32 Å². The zero-order chi connectivity index (χ0) is 14.1. The van der Waals surface area contributed by atoms with E-state index in [1.54, 1.807) is 6.33 Å². The lowest BCUT2D eigenvalue weighted by atomic mass is 10.1. The van der Waals surface area contributed by atoms with Crippen molar-refractivity contribution in [3.8, 4) is 0 Å². The van der Waals surface area contributed by atoms with Crippen LogP contribution in [0.15, 0.2) is 12.4 Å². The fraction of sp³-hybridized carbons (Fsp3) is 0.733. The molecule has 0 unspecified atom stereocenters. The number of nitrogens with one attached hydrogen (secondary N) is 1. The molecule has 2 aliphatic rings. The Balaban J connectivity index is 1.63. The molecule has 20 heavy (non-hydrogen) atoms. The van der Waals surface area contributed by atoms with Crippen LogP contribution in [0.3, 0.4) is 0 Å². The Hall–Kier alpha value is -1.20. The second-order valence-corrected chi connectivity index (χ2v) is 6.31. The summed E-state index contributed by atoms with van der Waals surface area (Å²) in [6, 6.07) is 3.10. The Kier molecular flexibility index (Phi) is 3.89. The van der Waals surface area contributed by atoms with E-state index in [1.165, 1.54) is 0 Å². The van der Waals surface area contributed by atoms with Gasteiger partial charge in [0.25, 0.3) is 0 Å². The summed E-state index contributed by atoms with van der Waals surface area (Å²) in [5, 5.41) is 3.56. The van der Waals surface area contributed by atoms with Crippen LogP contribution in [-0.4, -0.2) is 52.8 Å². The molecular formula is C15H24N4O. The summed E-state index contributed by atoms with van der Waals surface area (Å²) in [5.74, 6) is 1.38. The molecule has 0 radical (unpaired) electrons. The quantitative estimate of drug-likeness (QED) is 0.913. The molecule has 0 aromatic carbocycles. The van der Waals surface area contributed by atoms with Gasteiger partial charge < -0.3 is 10.1 Å². The van der Waals surface area contributed by atoms with Gasteiger partial charge in [-0.2, -0.15) is 0 Å². The van der Waals surface area contributed by atoms with Gasteiger partial charge in [0, 0.05) is 36.9 Å². The van der Waals surface area contributed by atoms with Gasteiger partial charge in [-0.15, -0.1) is 0 Å². The maximum absolute atomic E-state index is 5.75. The van der Waals surface area contributed by atoms with Crippen molar-refractivity contribution in [3.63, 3.8) is 0 Å². The molecule has 110 valence electrons. The molecule has 0 bridgehead atoms. The summed E-state index contributed by atoms with van der Waals surface area (Å²) in [6.45, 7) is 9.45. The maximum atomic E-state index is 5.75. The van der Waals surface area contributed by atoms with Crippen molar-refractivity contribution < 1.29 is 4.74 Å². The van der Waals surface area contributed by atoms with Crippen molar-refractivity contribution in [2.45, 2.75) is 51.3 Å². The Bertz CT molecular complexity index is 465. The van der Waals surface area contributed by atoms with Gasteiger partial charge in [-0.3, -0.25) is 4.90 Å². The number of rotatable bonds is 3. The molecule has 0 spiro atoms. The van der Waals surface area contributed by atoms with Crippen molar-refractivity contribution in [1.29, 1.82) is 0 Å². The molecule has 3 atom stereocenters. The zero-order valence-electron chi connectivity index (χ0n) is 12.5. The standard InChI is InChI=1S/C15H24N4O/c1-10(2)14-5-15(17-9-16-14)18-12-4-13-8-20-11(3)6-19(13)7-12/h5,9-13H,4,6-8H2,1-3H3,(H,16,17,18)/t11-,12+,13+/m1/s1. The minimum atomic E-state index is 0.358. The molecule has 2 fully saturated rings. The number of nitrogens with zero attached hydrogens (tertiary/aromatic N) is 3. The summed E-state index contributed by atoms with van der Waals surface area (Å²) in [7, 11) is 0. The highest BCUT2D eigenvalue weighted by molar-refractivity contribution is 5.37. The van der Waals surface area contributed by atoms with Gasteiger partial charge in [0.2, 0.25) is 0 Å². The first kappa shape index (κ1) is 13.8. The van der Waals surface area contributed by atoms with E-state index in [2.05, 4.69) is 47.0 Å². The molecule has 2 aliphatic heterocycles. The van der Waals surface area contributed by atoms with E-state index in [1.807, 2.05) is 0 Å². The third-order valence-electron chi connectivity index (χ3n) is 4.22. The predicted molar refractivity (Wildman–Crippen MR) is 78.9 cm³/mol. The van der Waals surface area contributed by atoms with Crippen LogP contribution in [0.1, 0.15) is 38.8 Å². The average Bonchev–Trinajstić information content (AvgIpc) is 2.80. The molecule has 1 aromatic rings. The van der Waals surface area contributed by atoms with E-state index in [0.29, 0.717) is 24.1 Å². The Morgan fingerprint density at radius 2 is 2.20 bits per heavy atom. The van der Waals surface area contributed by atoms with Gasteiger partial charge in [0.05, 0.1) is 12.7 Å². The van der Waals surface area contributed by atoms with Crippen molar-refractivity contribution in [1.82, 2.24) is 14.9 Å². The van der Waals surface area contributed by atoms with Crippen molar-refractivity contribution in [2.75, 3.05) is 25.0 Å². The second kappa shape index (κ2) is 5.66. The highest BCUT2D eigenvalue weighted by Gasteiger charge is 2.36. The summed E-state index contributed by atoms with van der Waals surface area (Å²) in [5.41, 5.74) is 1.09. The smallest absolute Gasteiger partial charge is 0.129 e. The summed E-state index contributed by atoms with van der Waals surface area (Å²) < 4.78 is 5.75. The van der Waals surface area contributed by atoms with Crippen LogP contribution in [-0.2, 0) is 4.74 Å². The number of morpholine rings is 1. The number of anilines is 1. The lowest BCUT2D eigenvalue weighted by Gasteiger charge is -2.33. The number of ether oxygens (including phenoxy) is 1. The van der Waals surface area contributed by atoms with Crippen LogP contribution in [0.25, 0.3) is 0 Å². The Morgan fingerprint density at radius 1 is 1.35 bits per heavy atom. The summed E-state index contributed by atoms with van der Waals surface area (Å²) in [6.07, 6.45) is 3.15. The number of aromatic nitrogens is 2. The van der Waals surface area contributed by atoms with E-state index in [0.717, 1.165) is 37.6 Å². The lowest BCUT2D eigenvalue weighted by molar-refractivity contribution is -0.0390. The molecule has 0 saturated carbocycles. The van der Waals surface area contributed by atoms with E-state index in [4.69, 9.17) is 4.74 Å². The van der Waals surface area contributed by atoms with Gasteiger partial charge in [-0.1, -0.05) is 13.8 Å².